The molecule has 0 fully saturated rings. The van der Waals surface area contributed by atoms with Crippen LogP contribution >= 0.6 is 12.4 Å². The highest BCUT2D eigenvalue weighted by molar-refractivity contribution is 5.85. The number of hydrogen-bond donors (Lipinski definition) is 3. The van der Waals surface area contributed by atoms with E-state index in [-0.39, 0.29) is 30.3 Å². The van der Waals surface area contributed by atoms with E-state index in [4.69, 9.17) is 16.7 Å². The number of benzene rings is 1. The van der Waals surface area contributed by atoms with E-state index in [0.717, 1.165) is 0 Å². The van der Waals surface area contributed by atoms with Crippen LogP contribution in [0.3, 0.4) is 0 Å². The third-order valence-electron chi connectivity index (χ3n) is 1.84. The largest absolute Gasteiger partial charge is 0.506 e. The molecule has 0 bridgehead atoms. The third kappa shape index (κ3) is 2.36. The van der Waals surface area contributed by atoms with Gasteiger partial charge in [-0.2, -0.15) is 5.26 Å². The van der Waals surface area contributed by atoms with Crippen molar-refractivity contribution in [2.24, 2.45) is 11.5 Å². The van der Waals surface area contributed by atoms with Crippen LogP contribution in [0.2, 0.25) is 0 Å². The van der Waals surface area contributed by atoms with Crippen molar-refractivity contribution < 1.29 is 5.11 Å². The Bertz CT molecular complexity index is 348. The Morgan fingerprint density at radius 3 is 2.64 bits per heavy atom. The van der Waals surface area contributed by atoms with Gasteiger partial charge in [0, 0.05) is 18.2 Å². The van der Waals surface area contributed by atoms with Gasteiger partial charge in [-0.25, -0.2) is 0 Å². The van der Waals surface area contributed by atoms with Crippen molar-refractivity contribution in [3.05, 3.63) is 29.3 Å². The summed E-state index contributed by atoms with van der Waals surface area (Å²) in [6.07, 6.45) is 0. The van der Waals surface area contributed by atoms with Crippen LogP contribution < -0.4 is 11.5 Å². The lowest BCUT2D eigenvalue weighted by atomic mass is 10.0. The van der Waals surface area contributed by atoms with E-state index in [1.54, 1.807) is 12.1 Å². The van der Waals surface area contributed by atoms with Gasteiger partial charge in [-0.15, -0.1) is 12.4 Å². The minimum absolute atomic E-state index is 0. The molecular formula is C9H12ClN3O. The standard InChI is InChI=1S/C9H11N3O.ClH/c10-4-6-2-1-3-7(9(6)13)8(12)5-11;/h1-3,8,13H,5,11-12H2;1H/t8-;/m0./s1. The fourth-order valence-corrected chi connectivity index (χ4v) is 1.08. The molecule has 0 aliphatic carbocycles. The van der Waals surface area contributed by atoms with E-state index in [2.05, 4.69) is 0 Å². The van der Waals surface area contributed by atoms with Crippen molar-refractivity contribution in [1.29, 1.82) is 5.26 Å². The minimum Gasteiger partial charge on any atom is -0.506 e. The first-order chi connectivity index (χ1) is 6.20. The molecule has 5 heteroatoms. The predicted octanol–water partition coefficient (Wildman–Crippen LogP) is 0.644. The maximum Gasteiger partial charge on any atom is 0.138 e. The molecule has 0 aliphatic heterocycles. The Labute approximate surface area is 88.5 Å². The van der Waals surface area contributed by atoms with Crippen LogP contribution in [-0.2, 0) is 0 Å². The monoisotopic (exact) mass is 213 g/mol. The smallest absolute Gasteiger partial charge is 0.138 e. The Kier molecular flexibility index (Phi) is 4.95. The second kappa shape index (κ2) is 5.45. The second-order valence-electron chi connectivity index (χ2n) is 2.70. The van der Waals surface area contributed by atoms with Gasteiger partial charge in [-0.1, -0.05) is 12.1 Å². The zero-order valence-corrected chi connectivity index (χ0v) is 8.29. The van der Waals surface area contributed by atoms with Gasteiger partial charge in [0.1, 0.15) is 11.8 Å². The summed E-state index contributed by atoms with van der Waals surface area (Å²) in [4.78, 5) is 0. The lowest BCUT2D eigenvalue weighted by Crippen LogP contribution is -2.20. The van der Waals surface area contributed by atoms with Crippen molar-refractivity contribution in [1.82, 2.24) is 0 Å². The zero-order chi connectivity index (χ0) is 9.84. The molecule has 0 saturated heterocycles. The van der Waals surface area contributed by atoms with Crippen LogP contribution in [0.5, 0.6) is 5.75 Å². The molecule has 0 aliphatic rings. The number of nitriles is 1. The average molecular weight is 214 g/mol. The number of phenolic OH excluding ortho intramolecular Hbond substituents is 1. The van der Waals surface area contributed by atoms with Crippen molar-refractivity contribution in [2.45, 2.75) is 6.04 Å². The highest BCUT2D eigenvalue weighted by Gasteiger charge is 2.11. The van der Waals surface area contributed by atoms with Gasteiger partial charge in [-0.3, -0.25) is 0 Å². The van der Waals surface area contributed by atoms with Crippen LogP contribution in [0.4, 0.5) is 0 Å². The average Bonchev–Trinajstić information content (AvgIpc) is 2.17. The molecule has 0 aromatic heterocycles. The number of rotatable bonds is 2. The van der Waals surface area contributed by atoms with Gasteiger partial charge in [0.2, 0.25) is 0 Å². The number of halogens is 1. The molecule has 76 valence electrons. The molecule has 0 unspecified atom stereocenters. The Balaban J connectivity index is 0.00000169. The summed E-state index contributed by atoms with van der Waals surface area (Å²) in [5.41, 5.74) is 11.7. The first kappa shape index (κ1) is 12.7. The van der Waals surface area contributed by atoms with Gasteiger partial charge >= 0.3 is 0 Å². The lowest BCUT2D eigenvalue weighted by Gasteiger charge is -2.11. The molecule has 0 radical (unpaired) electrons. The highest BCUT2D eigenvalue weighted by atomic mass is 35.5. The summed E-state index contributed by atoms with van der Waals surface area (Å²) in [5.74, 6) is -0.0667. The van der Waals surface area contributed by atoms with Crippen LogP contribution in [0.25, 0.3) is 0 Å². The van der Waals surface area contributed by atoms with Crippen molar-refractivity contribution in [3.8, 4) is 11.8 Å². The maximum atomic E-state index is 9.53. The first-order valence-corrected chi connectivity index (χ1v) is 3.88. The lowest BCUT2D eigenvalue weighted by molar-refractivity contribution is 0.460. The van der Waals surface area contributed by atoms with E-state index in [9.17, 15) is 5.11 Å². The topological polar surface area (TPSA) is 96.1 Å². The van der Waals surface area contributed by atoms with Crippen molar-refractivity contribution in [3.63, 3.8) is 0 Å². The third-order valence-corrected chi connectivity index (χ3v) is 1.84. The number of nitrogens with zero attached hydrogens (tertiary/aromatic N) is 1. The molecule has 5 N–H and O–H groups in total. The number of nitrogens with two attached hydrogens (primary N) is 2. The molecule has 1 aromatic carbocycles. The predicted molar refractivity (Wildman–Crippen MR) is 56.1 cm³/mol. The van der Waals surface area contributed by atoms with Gasteiger partial charge in [-0.05, 0) is 6.07 Å². The van der Waals surface area contributed by atoms with Crippen molar-refractivity contribution in [2.75, 3.05) is 6.54 Å². The molecule has 14 heavy (non-hydrogen) atoms. The van der Waals surface area contributed by atoms with E-state index in [1.807, 2.05) is 6.07 Å². The van der Waals surface area contributed by atoms with Crippen LogP contribution in [-0.4, -0.2) is 11.7 Å². The number of para-hydroxylation sites is 1. The first-order valence-electron chi connectivity index (χ1n) is 3.88. The second-order valence-corrected chi connectivity index (χ2v) is 2.70. The molecule has 0 spiro atoms. The summed E-state index contributed by atoms with van der Waals surface area (Å²) in [5, 5.41) is 18.1. The van der Waals surface area contributed by atoms with Crippen LogP contribution in [0.1, 0.15) is 17.2 Å². The molecule has 0 saturated carbocycles. The van der Waals surface area contributed by atoms with Gasteiger partial charge in [0.15, 0.2) is 0 Å². The Hall–Kier alpha value is -1.28. The minimum atomic E-state index is -0.423. The molecule has 1 atom stereocenters. The fourth-order valence-electron chi connectivity index (χ4n) is 1.08. The van der Waals surface area contributed by atoms with Crippen molar-refractivity contribution >= 4 is 12.4 Å². The van der Waals surface area contributed by atoms with E-state index in [0.29, 0.717) is 5.56 Å². The van der Waals surface area contributed by atoms with Gasteiger partial charge in [0.25, 0.3) is 0 Å². The molecule has 0 amide bonds. The molecular weight excluding hydrogens is 202 g/mol. The Morgan fingerprint density at radius 2 is 2.14 bits per heavy atom. The quantitative estimate of drug-likeness (QED) is 0.672. The summed E-state index contributed by atoms with van der Waals surface area (Å²) in [7, 11) is 0. The van der Waals surface area contributed by atoms with Crippen LogP contribution in [0, 0.1) is 11.3 Å². The van der Waals surface area contributed by atoms with Crippen LogP contribution in [0.15, 0.2) is 18.2 Å². The number of aromatic hydroxyl groups is 1. The van der Waals surface area contributed by atoms with Gasteiger partial charge < -0.3 is 16.6 Å². The normalized spacial score (nSPS) is 11.2. The van der Waals surface area contributed by atoms with E-state index >= 15 is 0 Å². The molecule has 1 rings (SSSR count). The summed E-state index contributed by atoms with van der Waals surface area (Å²) in [6, 6.07) is 6.31. The molecule has 4 nitrogen and oxygen atoms in total. The Morgan fingerprint density at radius 1 is 1.50 bits per heavy atom. The zero-order valence-electron chi connectivity index (χ0n) is 7.47. The molecule has 1 aromatic rings. The van der Waals surface area contributed by atoms with E-state index in [1.165, 1.54) is 6.07 Å². The maximum absolute atomic E-state index is 9.53. The molecule has 0 heterocycles. The van der Waals surface area contributed by atoms with Gasteiger partial charge in [0.05, 0.1) is 5.56 Å². The fraction of sp³-hybridized carbons (Fsp3) is 0.222. The summed E-state index contributed by atoms with van der Waals surface area (Å²) < 4.78 is 0. The summed E-state index contributed by atoms with van der Waals surface area (Å²) in [6.45, 7) is 0.239. The number of phenols is 1. The van der Waals surface area contributed by atoms with E-state index < -0.39 is 6.04 Å². The SMILES string of the molecule is Cl.N#Cc1cccc([C@@H](N)CN)c1O. The summed E-state index contributed by atoms with van der Waals surface area (Å²) >= 11 is 0. The number of hydrogen-bond acceptors (Lipinski definition) is 4. The highest BCUT2D eigenvalue weighted by Crippen LogP contribution is 2.25.